The molecule has 7 aromatic heterocycles. The van der Waals surface area contributed by atoms with Gasteiger partial charge in [0.1, 0.15) is 76.1 Å². The highest BCUT2D eigenvalue weighted by Gasteiger charge is 2.34. The second kappa shape index (κ2) is 27.2. The van der Waals surface area contributed by atoms with Gasteiger partial charge in [0.05, 0.1) is 42.2 Å². The highest BCUT2D eigenvalue weighted by atomic mass is 32.1. The van der Waals surface area contributed by atoms with Crippen molar-refractivity contribution in [3.63, 3.8) is 0 Å². The zero-order chi connectivity index (χ0) is 58.9. The number of ether oxygens (including phenoxy) is 2. The fourth-order valence-corrected chi connectivity index (χ4v) is 14.2. The Hall–Kier alpha value is -7.60. The number of carbonyl (C=O) groups excluding carboxylic acids is 7. The Morgan fingerprint density at radius 2 is 1.41 bits per heavy atom. The number of rotatable bonds is 14. The van der Waals surface area contributed by atoms with E-state index in [1.54, 1.807) is 53.4 Å². The number of benzene rings is 1. The molecule has 28 heteroatoms. The molecule has 1 aliphatic heterocycles. The lowest BCUT2D eigenvalue weighted by atomic mass is 10.0. The van der Waals surface area contributed by atoms with E-state index in [-0.39, 0.29) is 41.9 Å². The summed E-state index contributed by atoms with van der Waals surface area (Å²) >= 11 is 7.29. The third kappa shape index (κ3) is 14.4. The normalized spacial score (nSPS) is 16.3. The first kappa shape index (κ1) is 60.0. The van der Waals surface area contributed by atoms with Crippen molar-refractivity contribution < 1.29 is 43.0 Å². The predicted molar refractivity (Wildman–Crippen MR) is 319 cm³/mol. The summed E-state index contributed by atoms with van der Waals surface area (Å²) in [6, 6.07) is 9.72. The topological polar surface area (TPSA) is 300 Å². The van der Waals surface area contributed by atoms with Crippen LogP contribution in [0.2, 0.25) is 0 Å². The van der Waals surface area contributed by atoms with Gasteiger partial charge < -0.3 is 41.4 Å². The van der Waals surface area contributed by atoms with Gasteiger partial charge in [-0.3, -0.25) is 33.6 Å². The van der Waals surface area contributed by atoms with E-state index in [9.17, 15) is 33.6 Å². The number of fused-ring (bicyclic) bond motifs is 14. The number of thiazole rings is 6. The van der Waals surface area contributed by atoms with Crippen molar-refractivity contribution in [3.05, 3.63) is 111 Å². The van der Waals surface area contributed by atoms with Gasteiger partial charge in [0.15, 0.2) is 6.10 Å². The van der Waals surface area contributed by atoms with Crippen molar-refractivity contribution in [2.75, 3.05) is 26.0 Å². The van der Waals surface area contributed by atoms with Crippen LogP contribution in [0.5, 0.6) is 0 Å². The molecule has 10 bridgehead atoms. The molecule has 0 fully saturated rings. The van der Waals surface area contributed by atoms with E-state index in [4.69, 9.17) is 44.4 Å². The smallest absolute Gasteiger partial charge is 0.303 e. The molecule has 8 aromatic rings. The van der Waals surface area contributed by atoms with Crippen LogP contribution in [0, 0.1) is 12.8 Å². The van der Waals surface area contributed by atoms with Crippen molar-refractivity contribution in [1.82, 2.24) is 61.5 Å². The SMILES string of the molecule is CCCCCC(=O)Nc1csc(-c2ccc3c(n2)-c2csc(n2)-c2csc(n2)[C@H]([C@@H](OC(C)=O)c2ccccc2)NC(=O)CNC(=O)c2nc(sc2COC)[C@H](C(C)C)NC(=O)c2nc(sc2C)[C@H](CC(=O)NC)NC(=O)c2csc-3n2)n1. The molecule has 9 rings (SSSR count). The standard InChI is InChI=1S/C55H57N13O9S6/c1-8-9-11-16-38(70)63-37-25-81-51(64-37)31-18-17-30-43(58-31)33-22-79-52(60-33)35-24-80-54(62-35)45(46(77-28(5)69)29-14-12-10-13-15-29)65-40(72)20-57-48(74)44-36(21-76-7)83-55(68-44)41(26(2)3)66-49(75)42-27(4)82-53(67-42)32(19-39(71)56-6)59-47(73)34-23-78-50(30)61-34/h10,12-15,17-18,22-26,32,41,45-46H,8-9,11,16,19-21H2,1-7H3,(H,56,71)(H,57,74)(H,59,73)(H,63,70)(H,65,72)(H,66,75)/t32-,41-,45-,46-/m0/s1. The molecule has 1 aliphatic rings. The molecule has 0 radical (unpaired) electrons. The number of nitrogens with zero attached hydrogens (tertiary/aromatic N) is 7. The molecule has 0 aliphatic carbocycles. The van der Waals surface area contributed by atoms with Gasteiger partial charge in [-0.2, -0.15) is 0 Å². The van der Waals surface area contributed by atoms with Crippen molar-refractivity contribution in [3.8, 4) is 43.4 Å². The average Bonchev–Trinajstić information content (AvgIpc) is 4.56. The number of carbonyl (C=O) groups is 7. The maximum Gasteiger partial charge on any atom is 0.303 e. The Morgan fingerprint density at radius 1 is 0.687 bits per heavy atom. The number of anilines is 1. The lowest BCUT2D eigenvalue weighted by Crippen LogP contribution is -2.41. The van der Waals surface area contributed by atoms with E-state index < -0.39 is 66.3 Å². The highest BCUT2D eigenvalue weighted by Crippen LogP contribution is 2.41. The van der Waals surface area contributed by atoms with Gasteiger partial charge in [-0.25, -0.2) is 34.9 Å². The molecule has 22 nitrogen and oxygen atoms in total. The van der Waals surface area contributed by atoms with E-state index in [1.807, 2.05) is 31.4 Å². The summed E-state index contributed by atoms with van der Waals surface area (Å²) in [6.45, 7) is 8.29. The number of nitrogens with one attached hydrogen (secondary N) is 6. The molecular formula is C55H57N13O9S6. The number of unbranched alkanes of at least 4 members (excludes halogenated alkanes) is 2. The van der Waals surface area contributed by atoms with E-state index in [1.165, 1.54) is 77.8 Å². The maximum absolute atomic E-state index is 14.3. The molecular weight excluding hydrogens is 1180 g/mol. The van der Waals surface area contributed by atoms with E-state index in [2.05, 4.69) is 38.8 Å². The van der Waals surface area contributed by atoms with Crippen LogP contribution >= 0.6 is 68.0 Å². The number of methoxy groups -OCH3 is 1. The summed E-state index contributed by atoms with van der Waals surface area (Å²) in [5.41, 5.74) is 2.92. The van der Waals surface area contributed by atoms with Crippen molar-refractivity contribution in [2.45, 2.75) is 97.6 Å². The van der Waals surface area contributed by atoms with Gasteiger partial charge in [0, 0.05) is 59.5 Å². The van der Waals surface area contributed by atoms with Crippen LogP contribution in [0.1, 0.15) is 146 Å². The second-order valence-corrected chi connectivity index (χ2v) is 25.1. The van der Waals surface area contributed by atoms with E-state index in [0.717, 1.165) is 30.6 Å². The minimum Gasteiger partial charge on any atom is -0.455 e. The largest absolute Gasteiger partial charge is 0.455 e. The molecule has 4 atom stereocenters. The minimum absolute atomic E-state index is 0.00440. The predicted octanol–water partition coefficient (Wildman–Crippen LogP) is 9.40. The van der Waals surface area contributed by atoms with Gasteiger partial charge >= 0.3 is 5.97 Å². The van der Waals surface area contributed by atoms with Crippen LogP contribution in [0.15, 0.2) is 64.0 Å². The van der Waals surface area contributed by atoms with Crippen molar-refractivity contribution in [2.24, 2.45) is 5.92 Å². The van der Waals surface area contributed by atoms with Crippen LogP contribution in [-0.4, -0.2) is 97.0 Å². The molecule has 8 heterocycles. The lowest BCUT2D eigenvalue weighted by molar-refractivity contribution is -0.149. The Balaban J connectivity index is 1.14. The Labute approximate surface area is 500 Å². The Bertz CT molecular complexity index is 3680. The molecule has 0 saturated carbocycles. The average molecular weight is 1240 g/mol. The fourth-order valence-electron chi connectivity index (χ4n) is 8.68. The second-order valence-electron chi connectivity index (χ2n) is 19.3. The van der Waals surface area contributed by atoms with E-state index >= 15 is 0 Å². The van der Waals surface area contributed by atoms with E-state index in [0.29, 0.717) is 85.9 Å². The van der Waals surface area contributed by atoms with Gasteiger partial charge in [-0.15, -0.1) is 68.0 Å². The van der Waals surface area contributed by atoms with Crippen LogP contribution in [-0.2, 0) is 35.3 Å². The highest BCUT2D eigenvalue weighted by molar-refractivity contribution is 7.15. The van der Waals surface area contributed by atoms with Gasteiger partial charge in [0.25, 0.3) is 17.7 Å². The van der Waals surface area contributed by atoms with Crippen LogP contribution < -0.4 is 31.9 Å². The summed E-state index contributed by atoms with van der Waals surface area (Å²) in [6.07, 6.45) is 1.78. The van der Waals surface area contributed by atoms with Crippen molar-refractivity contribution in [1.29, 1.82) is 0 Å². The zero-order valence-corrected chi connectivity index (χ0v) is 50.8. The minimum atomic E-state index is -1.07. The number of hydrogen-bond acceptors (Lipinski definition) is 22. The molecule has 0 saturated heterocycles. The number of hydrogen-bond donors (Lipinski definition) is 6. The molecule has 83 heavy (non-hydrogen) atoms. The molecule has 1 aromatic carbocycles. The number of pyridine rings is 1. The zero-order valence-electron chi connectivity index (χ0n) is 45.9. The van der Waals surface area contributed by atoms with Crippen molar-refractivity contribution >= 4 is 115 Å². The summed E-state index contributed by atoms with van der Waals surface area (Å²) in [5, 5.41) is 26.5. The number of aryl methyl sites for hydroxylation is 1. The number of amides is 6. The monoisotopic (exact) mass is 1240 g/mol. The molecule has 0 unspecified atom stereocenters. The summed E-state index contributed by atoms with van der Waals surface area (Å²) in [7, 11) is 2.95. The first-order valence-electron chi connectivity index (χ1n) is 26.2. The first-order valence-corrected chi connectivity index (χ1v) is 31.4. The summed E-state index contributed by atoms with van der Waals surface area (Å²) < 4.78 is 11.4. The number of esters is 1. The molecule has 432 valence electrons. The Kier molecular flexibility index (Phi) is 19.7. The third-order valence-corrected chi connectivity index (χ3v) is 18.5. The maximum atomic E-state index is 14.3. The van der Waals surface area contributed by atoms with Crippen LogP contribution in [0.3, 0.4) is 0 Å². The van der Waals surface area contributed by atoms with Gasteiger partial charge in [-0.1, -0.05) is 63.9 Å². The molecule has 6 N–H and O–H groups in total. The third-order valence-electron chi connectivity index (χ3n) is 12.8. The lowest BCUT2D eigenvalue weighted by Gasteiger charge is -2.26. The Morgan fingerprint density at radius 3 is 2.16 bits per heavy atom. The van der Waals surface area contributed by atoms with Crippen LogP contribution in [0.25, 0.3) is 43.4 Å². The van der Waals surface area contributed by atoms with Crippen LogP contribution in [0.4, 0.5) is 5.82 Å². The first-order chi connectivity index (χ1) is 40.0. The quantitative estimate of drug-likeness (QED) is 0.0436. The summed E-state index contributed by atoms with van der Waals surface area (Å²) in [5.74, 6) is -3.47. The van der Waals surface area contributed by atoms with Gasteiger partial charge in [-0.05, 0) is 37.0 Å². The summed E-state index contributed by atoms with van der Waals surface area (Å²) in [4.78, 5) is 130. The molecule has 6 amide bonds. The fraction of sp³-hybridized carbons (Fsp3) is 0.345. The van der Waals surface area contributed by atoms with Gasteiger partial charge in [0.2, 0.25) is 17.7 Å². The number of aromatic nitrogens is 7. The molecule has 0 spiro atoms.